The average Bonchev–Trinajstić information content (AvgIpc) is 2.97. The number of aromatic carboxylic acids is 1. The molecule has 1 N–H and O–H groups in total. The molecule has 0 bridgehead atoms. The lowest BCUT2D eigenvalue weighted by Crippen LogP contribution is -2.36. The van der Waals surface area contributed by atoms with Crippen LogP contribution in [-0.2, 0) is 11.3 Å². The molecular weight excluding hydrogens is 432 g/mol. The number of para-hydroxylation sites is 1. The van der Waals surface area contributed by atoms with Crippen LogP contribution >= 0.6 is 27.5 Å². The minimum Gasteiger partial charge on any atom is -0.477 e. The number of aromatic nitrogens is 1. The second-order valence-corrected chi connectivity index (χ2v) is 7.74. The minimum absolute atomic E-state index is 0.275. The number of nitrogens with zero attached hydrogens (tertiary/aromatic N) is 2. The van der Waals surface area contributed by atoms with Crippen LogP contribution in [0.2, 0.25) is 5.02 Å². The van der Waals surface area contributed by atoms with E-state index in [1.165, 1.54) is 0 Å². The first-order valence-corrected chi connectivity index (χ1v) is 9.84. The molecule has 2 aromatic carbocycles. The van der Waals surface area contributed by atoms with Crippen LogP contribution in [0.25, 0.3) is 16.6 Å². The number of carbonyl (C=O) groups is 1. The molecule has 0 unspecified atom stereocenters. The van der Waals surface area contributed by atoms with Crippen molar-refractivity contribution in [1.29, 1.82) is 0 Å². The zero-order valence-electron chi connectivity index (χ0n) is 14.5. The summed E-state index contributed by atoms with van der Waals surface area (Å²) >= 11 is 9.83. The Hall–Kier alpha value is -1.86. The molecule has 1 aliphatic heterocycles. The molecular formula is C20H18BrClN2O3. The number of carboxylic acid groups (broad SMARTS) is 1. The van der Waals surface area contributed by atoms with E-state index in [1.807, 2.05) is 42.5 Å². The Morgan fingerprint density at radius 2 is 1.89 bits per heavy atom. The van der Waals surface area contributed by atoms with E-state index in [0.29, 0.717) is 24.8 Å². The Balaban J connectivity index is 1.98. The van der Waals surface area contributed by atoms with E-state index in [1.54, 1.807) is 4.57 Å². The summed E-state index contributed by atoms with van der Waals surface area (Å²) in [6.07, 6.45) is 0. The fourth-order valence-electron chi connectivity index (χ4n) is 3.56. The van der Waals surface area contributed by atoms with E-state index < -0.39 is 5.97 Å². The standard InChI is InChI=1S/C20H18BrClN2O3/c21-16-10-14-15(12-23-6-8-27-9-7-23)19(20(25)26)24(18(14)11-17(16)22)13-4-2-1-3-5-13/h1-5,10-11H,6-9,12H2,(H,25,26). The predicted molar refractivity (Wildman–Crippen MR) is 109 cm³/mol. The van der Waals surface area contributed by atoms with Crippen LogP contribution in [0.3, 0.4) is 0 Å². The molecule has 4 rings (SSSR count). The molecule has 140 valence electrons. The van der Waals surface area contributed by atoms with Gasteiger partial charge in [-0.2, -0.15) is 0 Å². The average molecular weight is 450 g/mol. The maximum Gasteiger partial charge on any atom is 0.353 e. The van der Waals surface area contributed by atoms with Crippen molar-refractivity contribution in [2.45, 2.75) is 6.54 Å². The second kappa shape index (κ2) is 7.64. The third-order valence-corrected chi connectivity index (χ3v) is 6.01. The smallest absolute Gasteiger partial charge is 0.353 e. The number of hydrogen-bond acceptors (Lipinski definition) is 3. The molecule has 1 fully saturated rings. The number of carboxylic acids is 1. The third kappa shape index (κ3) is 3.50. The van der Waals surface area contributed by atoms with Crippen molar-refractivity contribution in [2.75, 3.05) is 26.3 Å². The number of fused-ring (bicyclic) bond motifs is 1. The molecule has 0 saturated carbocycles. The van der Waals surface area contributed by atoms with E-state index in [-0.39, 0.29) is 5.69 Å². The molecule has 1 aromatic heterocycles. The minimum atomic E-state index is -0.953. The summed E-state index contributed by atoms with van der Waals surface area (Å²) in [4.78, 5) is 14.5. The summed E-state index contributed by atoms with van der Waals surface area (Å²) < 4.78 is 7.96. The molecule has 0 radical (unpaired) electrons. The Morgan fingerprint density at radius 3 is 2.56 bits per heavy atom. The van der Waals surface area contributed by atoms with Crippen LogP contribution in [-0.4, -0.2) is 46.8 Å². The highest BCUT2D eigenvalue weighted by molar-refractivity contribution is 9.10. The SMILES string of the molecule is O=C(O)c1c(CN2CCOCC2)c2cc(Br)c(Cl)cc2n1-c1ccccc1. The summed E-state index contributed by atoms with van der Waals surface area (Å²) in [6.45, 7) is 3.44. The topological polar surface area (TPSA) is 54.7 Å². The van der Waals surface area contributed by atoms with Gasteiger partial charge in [-0.1, -0.05) is 29.8 Å². The first-order chi connectivity index (χ1) is 13.1. The molecule has 3 aromatic rings. The van der Waals surface area contributed by atoms with E-state index in [0.717, 1.165) is 39.7 Å². The van der Waals surface area contributed by atoms with Crippen molar-refractivity contribution >= 4 is 44.4 Å². The van der Waals surface area contributed by atoms with E-state index in [2.05, 4.69) is 20.8 Å². The lowest BCUT2D eigenvalue weighted by Gasteiger charge is -2.26. The fourth-order valence-corrected chi connectivity index (χ4v) is 4.06. The van der Waals surface area contributed by atoms with Gasteiger partial charge in [0.1, 0.15) is 5.69 Å². The maximum absolute atomic E-state index is 12.3. The summed E-state index contributed by atoms with van der Waals surface area (Å²) in [6, 6.07) is 13.3. The van der Waals surface area contributed by atoms with Gasteiger partial charge in [-0.25, -0.2) is 4.79 Å². The highest BCUT2D eigenvalue weighted by Gasteiger charge is 2.26. The third-order valence-electron chi connectivity index (χ3n) is 4.82. The van der Waals surface area contributed by atoms with Gasteiger partial charge in [0.05, 0.1) is 23.8 Å². The van der Waals surface area contributed by atoms with Crippen molar-refractivity contribution in [3.05, 3.63) is 63.2 Å². The van der Waals surface area contributed by atoms with Gasteiger partial charge in [-0.3, -0.25) is 4.90 Å². The van der Waals surface area contributed by atoms with Crippen molar-refractivity contribution in [3.63, 3.8) is 0 Å². The molecule has 1 saturated heterocycles. The first-order valence-electron chi connectivity index (χ1n) is 8.67. The lowest BCUT2D eigenvalue weighted by molar-refractivity contribution is 0.0341. The van der Waals surface area contributed by atoms with Crippen molar-refractivity contribution in [2.24, 2.45) is 0 Å². The van der Waals surface area contributed by atoms with Gasteiger partial charge in [-0.05, 0) is 40.2 Å². The van der Waals surface area contributed by atoms with Crippen LogP contribution in [0.1, 0.15) is 16.1 Å². The Bertz CT molecular complexity index is 998. The monoisotopic (exact) mass is 448 g/mol. The summed E-state index contributed by atoms with van der Waals surface area (Å²) in [5.41, 5.74) is 2.65. The molecule has 2 heterocycles. The predicted octanol–water partition coefficient (Wildman–Crippen LogP) is 4.58. The van der Waals surface area contributed by atoms with Gasteiger partial charge in [0.2, 0.25) is 0 Å². The fraction of sp³-hybridized carbons (Fsp3) is 0.250. The highest BCUT2D eigenvalue weighted by Crippen LogP contribution is 2.36. The molecule has 0 amide bonds. The first kappa shape index (κ1) is 18.5. The van der Waals surface area contributed by atoms with E-state index in [4.69, 9.17) is 16.3 Å². The highest BCUT2D eigenvalue weighted by atomic mass is 79.9. The van der Waals surface area contributed by atoms with Crippen LogP contribution < -0.4 is 0 Å². The van der Waals surface area contributed by atoms with Gasteiger partial charge in [0, 0.05) is 40.7 Å². The van der Waals surface area contributed by atoms with Crippen LogP contribution in [0.4, 0.5) is 0 Å². The molecule has 7 heteroatoms. The van der Waals surface area contributed by atoms with Crippen LogP contribution in [0.15, 0.2) is 46.9 Å². The molecule has 0 atom stereocenters. The number of ether oxygens (including phenoxy) is 1. The Morgan fingerprint density at radius 1 is 1.19 bits per heavy atom. The van der Waals surface area contributed by atoms with Crippen molar-refractivity contribution in [3.8, 4) is 5.69 Å². The molecule has 27 heavy (non-hydrogen) atoms. The normalized spacial score (nSPS) is 15.3. The number of morpholine rings is 1. The summed E-state index contributed by atoms with van der Waals surface area (Å²) in [7, 11) is 0. The van der Waals surface area contributed by atoms with Crippen molar-refractivity contribution < 1.29 is 14.6 Å². The molecule has 0 aliphatic carbocycles. The maximum atomic E-state index is 12.3. The summed E-state index contributed by atoms with van der Waals surface area (Å²) in [5.74, 6) is -0.953. The van der Waals surface area contributed by atoms with Gasteiger partial charge in [0.15, 0.2) is 0 Å². The number of hydrogen-bond donors (Lipinski definition) is 1. The number of halogens is 2. The Kier molecular flexibility index (Phi) is 5.23. The van der Waals surface area contributed by atoms with E-state index >= 15 is 0 Å². The van der Waals surface area contributed by atoms with Gasteiger partial charge >= 0.3 is 5.97 Å². The van der Waals surface area contributed by atoms with E-state index in [9.17, 15) is 9.90 Å². The quantitative estimate of drug-likeness (QED) is 0.634. The zero-order valence-corrected chi connectivity index (χ0v) is 16.8. The second-order valence-electron chi connectivity index (χ2n) is 6.48. The summed E-state index contributed by atoms with van der Waals surface area (Å²) in [5, 5.41) is 11.5. The number of benzene rings is 2. The largest absolute Gasteiger partial charge is 0.477 e. The molecule has 5 nitrogen and oxygen atoms in total. The van der Waals surface area contributed by atoms with Crippen LogP contribution in [0.5, 0.6) is 0 Å². The molecule has 1 aliphatic rings. The van der Waals surface area contributed by atoms with Gasteiger partial charge in [0.25, 0.3) is 0 Å². The number of rotatable bonds is 4. The zero-order chi connectivity index (χ0) is 19.0. The lowest BCUT2D eigenvalue weighted by atomic mass is 10.1. The molecule has 0 spiro atoms. The van der Waals surface area contributed by atoms with Gasteiger partial charge < -0.3 is 14.4 Å². The Labute approximate surface area is 170 Å². The van der Waals surface area contributed by atoms with Gasteiger partial charge in [-0.15, -0.1) is 0 Å². The van der Waals surface area contributed by atoms with Crippen LogP contribution in [0, 0.1) is 0 Å². The van der Waals surface area contributed by atoms with Crippen molar-refractivity contribution in [1.82, 2.24) is 9.47 Å².